The molecule has 0 radical (unpaired) electrons. The Kier molecular flexibility index (Phi) is 4.19. The van der Waals surface area contributed by atoms with Gasteiger partial charge in [-0.15, -0.1) is 0 Å². The van der Waals surface area contributed by atoms with Gasteiger partial charge in [-0.25, -0.2) is 17.2 Å². The second kappa shape index (κ2) is 5.74. The summed E-state index contributed by atoms with van der Waals surface area (Å²) in [5.41, 5.74) is 5.55. The first-order valence-corrected chi connectivity index (χ1v) is 7.37. The molecule has 1 aromatic heterocycles. The van der Waals surface area contributed by atoms with E-state index in [1.807, 2.05) is 0 Å². The van der Waals surface area contributed by atoms with Crippen molar-refractivity contribution < 1.29 is 17.2 Å². The van der Waals surface area contributed by atoms with Crippen molar-refractivity contribution in [1.82, 2.24) is 9.29 Å². The maximum absolute atomic E-state index is 13.8. The molecule has 2 aromatic rings. The van der Waals surface area contributed by atoms with Crippen LogP contribution in [-0.2, 0) is 16.6 Å². The van der Waals surface area contributed by atoms with E-state index in [2.05, 4.69) is 4.98 Å². The van der Waals surface area contributed by atoms with Gasteiger partial charge in [0.15, 0.2) is 4.90 Å². The van der Waals surface area contributed by atoms with Gasteiger partial charge in [-0.2, -0.15) is 4.31 Å². The topological polar surface area (TPSA) is 76.3 Å². The Morgan fingerprint density at radius 1 is 1.24 bits per heavy atom. The number of halogens is 2. The number of nitrogens with two attached hydrogens (primary N) is 1. The molecule has 0 spiro atoms. The lowest BCUT2D eigenvalue weighted by Crippen LogP contribution is -2.28. The van der Waals surface area contributed by atoms with E-state index >= 15 is 0 Å². The molecule has 112 valence electrons. The van der Waals surface area contributed by atoms with Crippen LogP contribution in [0.3, 0.4) is 0 Å². The minimum absolute atomic E-state index is 0.105. The van der Waals surface area contributed by atoms with E-state index in [0.717, 1.165) is 16.4 Å². The minimum atomic E-state index is -4.33. The third kappa shape index (κ3) is 3.17. The molecule has 0 fully saturated rings. The van der Waals surface area contributed by atoms with Crippen LogP contribution in [0, 0.1) is 11.6 Å². The molecule has 0 saturated carbocycles. The maximum Gasteiger partial charge on any atom is 0.249 e. The molecule has 0 aliphatic carbocycles. The highest BCUT2D eigenvalue weighted by molar-refractivity contribution is 7.89. The van der Waals surface area contributed by atoms with Gasteiger partial charge in [0.25, 0.3) is 0 Å². The first-order valence-electron chi connectivity index (χ1n) is 5.93. The molecule has 1 aromatic carbocycles. The molecule has 21 heavy (non-hydrogen) atoms. The lowest BCUT2D eigenvalue weighted by Gasteiger charge is -2.17. The van der Waals surface area contributed by atoms with Crippen molar-refractivity contribution >= 4 is 15.7 Å². The largest absolute Gasteiger partial charge is 0.399 e. The highest BCUT2D eigenvalue weighted by atomic mass is 32.2. The first kappa shape index (κ1) is 15.3. The summed E-state index contributed by atoms with van der Waals surface area (Å²) in [6.45, 7) is -0.105. The van der Waals surface area contributed by atoms with Gasteiger partial charge in [0, 0.05) is 18.9 Å². The first-order chi connectivity index (χ1) is 9.82. The van der Waals surface area contributed by atoms with Crippen molar-refractivity contribution in [1.29, 1.82) is 0 Å². The van der Waals surface area contributed by atoms with Crippen LogP contribution < -0.4 is 5.73 Å². The summed E-state index contributed by atoms with van der Waals surface area (Å²) in [4.78, 5) is 2.95. The fourth-order valence-electron chi connectivity index (χ4n) is 1.79. The number of pyridine rings is 1. The van der Waals surface area contributed by atoms with Crippen molar-refractivity contribution in [2.24, 2.45) is 0 Å². The number of benzene rings is 1. The molecule has 2 rings (SSSR count). The molecule has 0 atom stereocenters. The van der Waals surface area contributed by atoms with Gasteiger partial charge in [0.05, 0.1) is 12.2 Å². The summed E-state index contributed by atoms with van der Waals surface area (Å²) < 4.78 is 52.9. The van der Waals surface area contributed by atoms with Crippen molar-refractivity contribution in [3.8, 4) is 0 Å². The van der Waals surface area contributed by atoms with E-state index in [4.69, 9.17) is 5.73 Å². The van der Waals surface area contributed by atoms with E-state index in [1.165, 1.54) is 13.2 Å². The molecule has 0 bridgehead atoms. The zero-order valence-corrected chi connectivity index (χ0v) is 11.9. The van der Waals surface area contributed by atoms with E-state index < -0.39 is 26.6 Å². The molecule has 8 heteroatoms. The van der Waals surface area contributed by atoms with E-state index in [-0.39, 0.29) is 12.2 Å². The van der Waals surface area contributed by atoms with Gasteiger partial charge in [0.1, 0.15) is 11.6 Å². The van der Waals surface area contributed by atoms with E-state index in [0.29, 0.717) is 5.69 Å². The molecule has 0 unspecified atom stereocenters. The Hall–Kier alpha value is -2.06. The van der Waals surface area contributed by atoms with Gasteiger partial charge in [-0.05, 0) is 24.3 Å². The molecule has 2 N–H and O–H groups in total. The van der Waals surface area contributed by atoms with Crippen molar-refractivity contribution in [3.63, 3.8) is 0 Å². The summed E-state index contributed by atoms with van der Waals surface area (Å²) in [5, 5.41) is 0. The van der Waals surface area contributed by atoms with Crippen molar-refractivity contribution in [2.75, 3.05) is 12.8 Å². The number of hydrogen-bond donors (Lipinski definition) is 1. The number of aromatic nitrogens is 1. The molecule has 0 amide bonds. The predicted octanol–water partition coefficient (Wildman–Crippen LogP) is 1.76. The summed E-state index contributed by atoms with van der Waals surface area (Å²) >= 11 is 0. The summed E-state index contributed by atoms with van der Waals surface area (Å²) in [5.74, 6) is -2.44. The number of hydrogen-bond acceptors (Lipinski definition) is 4. The standard InChI is InChI=1S/C13H13F2N3O2S/c1-18(8-10-4-2-3-5-17-10)21(19,20)13-11(14)6-9(16)7-12(13)15/h2-7H,8,16H2,1H3. The Morgan fingerprint density at radius 3 is 2.38 bits per heavy atom. The summed E-state index contributed by atoms with van der Waals surface area (Å²) in [6, 6.07) is 6.52. The predicted molar refractivity (Wildman–Crippen MR) is 73.7 cm³/mol. The quantitative estimate of drug-likeness (QED) is 0.873. The molecule has 5 nitrogen and oxygen atoms in total. The van der Waals surface area contributed by atoms with Gasteiger partial charge in [-0.1, -0.05) is 6.07 Å². The molecule has 0 aliphatic rings. The van der Waals surface area contributed by atoms with Crippen molar-refractivity contribution in [2.45, 2.75) is 11.4 Å². The lowest BCUT2D eigenvalue weighted by molar-refractivity contribution is 0.445. The molecular weight excluding hydrogens is 300 g/mol. The molecule has 0 aliphatic heterocycles. The monoisotopic (exact) mass is 313 g/mol. The number of sulfonamides is 1. The average Bonchev–Trinajstić information content (AvgIpc) is 2.38. The van der Waals surface area contributed by atoms with Crippen LogP contribution in [0.25, 0.3) is 0 Å². The number of nitrogen functional groups attached to an aromatic ring is 1. The van der Waals surface area contributed by atoms with Gasteiger partial charge < -0.3 is 5.73 Å². The Bertz CT molecular complexity index is 728. The lowest BCUT2D eigenvalue weighted by atomic mass is 10.3. The Balaban J connectivity index is 2.38. The SMILES string of the molecule is CN(Cc1ccccn1)S(=O)(=O)c1c(F)cc(N)cc1F. The van der Waals surface area contributed by atoms with Crippen LogP contribution in [-0.4, -0.2) is 24.8 Å². The molecular formula is C13H13F2N3O2S. The van der Waals surface area contributed by atoms with E-state index in [9.17, 15) is 17.2 Å². The summed E-state index contributed by atoms with van der Waals surface area (Å²) in [7, 11) is -3.11. The Morgan fingerprint density at radius 2 is 1.86 bits per heavy atom. The molecule has 1 heterocycles. The third-order valence-corrected chi connectivity index (χ3v) is 4.66. The third-order valence-electron chi connectivity index (χ3n) is 2.80. The van der Waals surface area contributed by atoms with Gasteiger partial charge >= 0.3 is 0 Å². The highest BCUT2D eigenvalue weighted by Crippen LogP contribution is 2.25. The van der Waals surface area contributed by atoms with Gasteiger partial charge in [-0.3, -0.25) is 4.98 Å². The fraction of sp³-hybridized carbons (Fsp3) is 0.154. The zero-order valence-electron chi connectivity index (χ0n) is 11.1. The second-order valence-electron chi connectivity index (χ2n) is 4.40. The maximum atomic E-state index is 13.8. The van der Waals surface area contributed by atoms with Crippen LogP contribution in [0.4, 0.5) is 14.5 Å². The number of rotatable bonds is 4. The average molecular weight is 313 g/mol. The molecule has 0 saturated heterocycles. The zero-order chi connectivity index (χ0) is 15.6. The van der Waals surface area contributed by atoms with Gasteiger partial charge in [0.2, 0.25) is 10.0 Å². The van der Waals surface area contributed by atoms with Crippen LogP contribution in [0.2, 0.25) is 0 Å². The minimum Gasteiger partial charge on any atom is -0.399 e. The number of anilines is 1. The summed E-state index contributed by atoms with van der Waals surface area (Å²) in [6.07, 6.45) is 1.50. The van der Waals surface area contributed by atoms with Crippen LogP contribution in [0.5, 0.6) is 0 Å². The normalized spacial score (nSPS) is 11.8. The number of nitrogens with zero attached hydrogens (tertiary/aromatic N) is 2. The highest BCUT2D eigenvalue weighted by Gasteiger charge is 2.29. The Labute approximate surface area is 121 Å². The smallest absolute Gasteiger partial charge is 0.249 e. The fourth-order valence-corrected chi connectivity index (χ4v) is 3.01. The van der Waals surface area contributed by atoms with Crippen LogP contribution in [0.1, 0.15) is 5.69 Å². The van der Waals surface area contributed by atoms with Crippen LogP contribution in [0.15, 0.2) is 41.4 Å². The second-order valence-corrected chi connectivity index (χ2v) is 6.38. The van der Waals surface area contributed by atoms with Crippen molar-refractivity contribution in [3.05, 3.63) is 53.9 Å². The van der Waals surface area contributed by atoms with E-state index in [1.54, 1.807) is 18.2 Å². The van der Waals surface area contributed by atoms with Crippen LogP contribution >= 0.6 is 0 Å².